The fraction of sp³-hybridized carbons (Fsp3) is 0.650. The van der Waals surface area contributed by atoms with Crippen molar-refractivity contribution in [1.29, 1.82) is 0 Å². The minimum absolute atomic E-state index is 0.397. The summed E-state index contributed by atoms with van der Waals surface area (Å²) in [4.78, 5) is 12.1. The molecule has 2 atom stereocenters. The summed E-state index contributed by atoms with van der Waals surface area (Å²) in [5.74, 6) is 0.928. The maximum atomic E-state index is 6.14. The van der Waals surface area contributed by atoms with Gasteiger partial charge in [0.15, 0.2) is 5.96 Å². The summed E-state index contributed by atoms with van der Waals surface area (Å²) in [6.45, 7) is 9.13. The molecule has 2 N–H and O–H groups in total. The van der Waals surface area contributed by atoms with Crippen LogP contribution in [0.25, 0.3) is 0 Å². The van der Waals surface area contributed by atoms with Crippen molar-refractivity contribution >= 4 is 23.2 Å². The zero-order valence-electron chi connectivity index (χ0n) is 16.8. The van der Waals surface area contributed by atoms with Gasteiger partial charge >= 0.3 is 0 Å². The number of hydrogen-bond acceptors (Lipinski definition) is 4. The van der Waals surface area contributed by atoms with Gasteiger partial charge in [-0.3, -0.25) is 9.89 Å². The zero-order valence-corrected chi connectivity index (χ0v) is 17.5. The van der Waals surface area contributed by atoms with E-state index < -0.39 is 0 Å². The van der Waals surface area contributed by atoms with Gasteiger partial charge in [-0.15, -0.1) is 0 Å². The second-order valence-corrected chi connectivity index (χ2v) is 8.11. The van der Waals surface area contributed by atoms with Crippen molar-refractivity contribution in [2.75, 3.05) is 64.8 Å². The van der Waals surface area contributed by atoms with Gasteiger partial charge in [-0.1, -0.05) is 17.7 Å². The number of hydrogen-bond donors (Lipinski definition) is 2. The first-order valence-electron chi connectivity index (χ1n) is 9.99. The molecule has 3 rings (SSSR count). The Morgan fingerprint density at radius 1 is 1.22 bits per heavy atom. The van der Waals surface area contributed by atoms with Crippen LogP contribution in [0.2, 0.25) is 5.02 Å². The van der Waals surface area contributed by atoms with Crippen LogP contribution in [0.15, 0.2) is 29.3 Å². The Morgan fingerprint density at radius 3 is 2.85 bits per heavy atom. The van der Waals surface area contributed by atoms with Gasteiger partial charge in [0.05, 0.1) is 6.54 Å². The first-order chi connectivity index (χ1) is 13.0. The lowest BCUT2D eigenvalue weighted by Crippen LogP contribution is -2.52. The average Bonchev–Trinajstić information content (AvgIpc) is 3.11. The molecule has 2 aliphatic rings. The number of guanidine groups is 1. The number of benzene rings is 1. The highest BCUT2D eigenvalue weighted by atomic mass is 35.5. The van der Waals surface area contributed by atoms with Crippen LogP contribution in [-0.4, -0.2) is 87.8 Å². The molecule has 0 aliphatic carbocycles. The number of nitrogens with one attached hydrogen (secondary N) is 2. The molecular weight excluding hydrogens is 360 g/mol. The molecular formula is C20H33ClN6. The Balaban J connectivity index is 1.56. The number of rotatable bonds is 5. The smallest absolute Gasteiger partial charge is 0.191 e. The predicted octanol–water partition coefficient (Wildman–Crippen LogP) is 1.72. The van der Waals surface area contributed by atoms with Crippen LogP contribution in [-0.2, 0) is 0 Å². The van der Waals surface area contributed by atoms with Gasteiger partial charge in [0, 0.05) is 62.1 Å². The molecule has 0 saturated carbocycles. The highest BCUT2D eigenvalue weighted by Crippen LogP contribution is 2.23. The van der Waals surface area contributed by atoms with Crippen LogP contribution in [0.5, 0.6) is 0 Å². The summed E-state index contributed by atoms with van der Waals surface area (Å²) in [5, 5.41) is 7.83. The first-order valence-corrected chi connectivity index (χ1v) is 10.4. The minimum atomic E-state index is 0.397. The van der Waals surface area contributed by atoms with Crippen LogP contribution < -0.4 is 15.5 Å². The molecule has 2 fully saturated rings. The maximum absolute atomic E-state index is 6.14. The Bertz CT molecular complexity index is 637. The van der Waals surface area contributed by atoms with Crippen molar-refractivity contribution in [3.05, 3.63) is 29.3 Å². The number of anilines is 1. The van der Waals surface area contributed by atoms with E-state index in [9.17, 15) is 0 Å². The van der Waals surface area contributed by atoms with Crippen LogP contribution in [0, 0.1) is 0 Å². The van der Waals surface area contributed by atoms with E-state index in [2.05, 4.69) is 52.4 Å². The zero-order chi connectivity index (χ0) is 19.2. The number of aliphatic imine (C=N–C) groups is 1. The van der Waals surface area contributed by atoms with Crippen molar-refractivity contribution in [3.8, 4) is 0 Å². The lowest BCUT2D eigenvalue weighted by Gasteiger charge is -2.37. The lowest BCUT2D eigenvalue weighted by molar-refractivity contribution is 0.119. The van der Waals surface area contributed by atoms with Gasteiger partial charge in [0.25, 0.3) is 0 Å². The number of piperazine rings is 1. The van der Waals surface area contributed by atoms with Crippen LogP contribution in [0.4, 0.5) is 5.69 Å². The highest BCUT2D eigenvalue weighted by Gasteiger charge is 2.25. The number of halogens is 1. The van der Waals surface area contributed by atoms with Gasteiger partial charge in [0.2, 0.25) is 0 Å². The van der Waals surface area contributed by atoms with E-state index in [1.165, 1.54) is 5.69 Å². The molecule has 0 spiro atoms. The van der Waals surface area contributed by atoms with Gasteiger partial charge in [-0.2, -0.15) is 0 Å². The second-order valence-electron chi connectivity index (χ2n) is 7.67. The Labute approximate surface area is 168 Å². The Morgan fingerprint density at radius 2 is 2.07 bits per heavy atom. The second kappa shape index (κ2) is 9.62. The van der Waals surface area contributed by atoms with E-state index in [1.54, 1.807) is 0 Å². The van der Waals surface area contributed by atoms with E-state index in [0.717, 1.165) is 63.2 Å². The molecule has 2 unspecified atom stereocenters. The van der Waals surface area contributed by atoms with Gasteiger partial charge in [-0.05, 0) is 45.6 Å². The molecule has 0 aromatic heterocycles. The van der Waals surface area contributed by atoms with Crippen molar-refractivity contribution in [3.63, 3.8) is 0 Å². The van der Waals surface area contributed by atoms with Crippen molar-refractivity contribution in [1.82, 2.24) is 20.4 Å². The molecule has 1 aromatic carbocycles. The maximum Gasteiger partial charge on any atom is 0.191 e. The third kappa shape index (κ3) is 5.74. The predicted molar refractivity (Wildman–Crippen MR) is 115 cm³/mol. The van der Waals surface area contributed by atoms with E-state index >= 15 is 0 Å². The van der Waals surface area contributed by atoms with Crippen molar-refractivity contribution in [2.45, 2.75) is 25.4 Å². The average molecular weight is 393 g/mol. The van der Waals surface area contributed by atoms with Gasteiger partial charge in [0.1, 0.15) is 0 Å². The summed E-state index contributed by atoms with van der Waals surface area (Å²) in [5.41, 5.74) is 1.20. The van der Waals surface area contributed by atoms with E-state index in [1.807, 2.05) is 18.2 Å². The van der Waals surface area contributed by atoms with Crippen LogP contribution in [0.3, 0.4) is 0 Å². The lowest BCUT2D eigenvalue weighted by atomic mass is 10.2. The minimum Gasteiger partial charge on any atom is -0.369 e. The third-order valence-corrected chi connectivity index (χ3v) is 5.72. The van der Waals surface area contributed by atoms with Crippen molar-refractivity contribution in [2.24, 2.45) is 4.99 Å². The monoisotopic (exact) mass is 392 g/mol. The van der Waals surface area contributed by atoms with E-state index in [4.69, 9.17) is 16.6 Å². The summed E-state index contributed by atoms with van der Waals surface area (Å²) >= 11 is 6.14. The topological polar surface area (TPSA) is 46.1 Å². The summed E-state index contributed by atoms with van der Waals surface area (Å²) in [6.07, 6.45) is 1.10. The standard InChI is InChI=1S/C20H33ClN6/c1-4-22-20(23-13-19-15-25(2)10-11-26(19)3)24-17-8-9-27(14-17)18-7-5-6-16(21)12-18/h5-7,12,17,19H,4,8-11,13-15H2,1-3H3,(H2,22,23,24). The Kier molecular flexibility index (Phi) is 7.21. The molecule has 2 heterocycles. The molecule has 2 saturated heterocycles. The summed E-state index contributed by atoms with van der Waals surface area (Å²) in [6, 6.07) is 8.98. The number of nitrogens with zero attached hydrogens (tertiary/aromatic N) is 4. The third-order valence-electron chi connectivity index (χ3n) is 5.49. The van der Waals surface area contributed by atoms with Crippen LogP contribution >= 0.6 is 11.6 Å². The largest absolute Gasteiger partial charge is 0.369 e. The first kappa shape index (κ1) is 20.2. The SMILES string of the molecule is CCNC(=NCC1CN(C)CCN1C)NC1CCN(c2cccc(Cl)c2)C1. The Hall–Kier alpha value is -1.50. The van der Waals surface area contributed by atoms with Crippen LogP contribution in [0.1, 0.15) is 13.3 Å². The van der Waals surface area contributed by atoms with Crippen molar-refractivity contribution < 1.29 is 0 Å². The fourth-order valence-electron chi connectivity index (χ4n) is 3.79. The summed E-state index contributed by atoms with van der Waals surface area (Å²) in [7, 11) is 4.39. The van der Waals surface area contributed by atoms with Gasteiger partial charge < -0.3 is 20.4 Å². The fourth-order valence-corrected chi connectivity index (χ4v) is 3.98. The molecule has 27 heavy (non-hydrogen) atoms. The molecule has 7 heteroatoms. The number of likely N-dealkylation sites (N-methyl/N-ethyl adjacent to an activating group) is 2. The molecule has 6 nitrogen and oxygen atoms in total. The molecule has 150 valence electrons. The summed E-state index contributed by atoms with van der Waals surface area (Å²) < 4.78 is 0. The van der Waals surface area contributed by atoms with E-state index in [-0.39, 0.29) is 0 Å². The highest BCUT2D eigenvalue weighted by molar-refractivity contribution is 6.30. The molecule has 0 radical (unpaired) electrons. The molecule has 0 amide bonds. The van der Waals surface area contributed by atoms with E-state index in [0.29, 0.717) is 12.1 Å². The molecule has 0 bridgehead atoms. The molecule has 2 aliphatic heterocycles. The molecule has 1 aromatic rings. The van der Waals surface area contributed by atoms with Gasteiger partial charge in [-0.25, -0.2) is 0 Å². The quantitative estimate of drug-likeness (QED) is 0.590. The normalized spacial score (nSPS) is 25.0.